The van der Waals surface area contributed by atoms with Crippen molar-refractivity contribution in [3.05, 3.63) is 88.7 Å². The first-order valence-corrected chi connectivity index (χ1v) is 30.8. The number of benzene rings is 2. The molecule has 4 aliphatic rings. The maximum atomic E-state index is 13.4. The van der Waals surface area contributed by atoms with Gasteiger partial charge in [-0.25, -0.2) is 14.4 Å². The Balaban J connectivity index is 0.000000190. The molecule has 0 spiro atoms. The number of nitrogens with two attached hydrogens (primary N) is 1. The fourth-order valence-electron chi connectivity index (χ4n) is 10.8. The Bertz CT molecular complexity index is 3270. The zero-order valence-corrected chi connectivity index (χ0v) is 52.4. The SMILES string of the molecule is CC(C)(C)OC(=O)N1CCCCC1C(=O)O.CC(C)c1cnn2c(NCc3cccc(CC(=O)C4CCCCN4C(=O)OC(C)(C)C)c3)nc(N[C@H]3CCCOC3)nc12.CC(C)c1cnn2c(NCc3cccc(N)c3)nc(N[C@H]3CCCOC3)nc12. The van der Waals surface area contributed by atoms with Crippen LogP contribution in [-0.4, -0.2) is 153 Å². The summed E-state index contributed by atoms with van der Waals surface area (Å²) in [4.78, 5) is 71.0. The average molecular weight is 1200 g/mol. The summed E-state index contributed by atoms with van der Waals surface area (Å²) in [6, 6.07) is 15.0. The number of carbonyl (C=O) groups excluding carboxylic acids is 3. The lowest BCUT2D eigenvalue weighted by atomic mass is 9.94. The number of Topliss-reactive ketones (excluding diaryl/α,β-unsaturated/α-hetero) is 1. The van der Waals surface area contributed by atoms with Crippen molar-refractivity contribution in [3.8, 4) is 0 Å². The third kappa shape index (κ3) is 18.6. The number of ether oxygens (including phenoxy) is 4. The third-order valence-electron chi connectivity index (χ3n) is 15.2. The zero-order valence-electron chi connectivity index (χ0n) is 52.4. The number of nitrogens with zero attached hydrogens (tertiary/aromatic N) is 10. The number of fused-ring (bicyclic) bond motifs is 2. The number of carboxylic acids is 1. The van der Waals surface area contributed by atoms with E-state index in [1.807, 2.05) is 81.7 Å². The zero-order chi connectivity index (χ0) is 62.4. The molecule has 0 saturated carbocycles. The lowest BCUT2D eigenvalue weighted by Gasteiger charge is -2.36. The van der Waals surface area contributed by atoms with Crippen LogP contribution in [0.15, 0.2) is 60.9 Å². The van der Waals surface area contributed by atoms with Gasteiger partial charge in [-0.2, -0.15) is 39.2 Å². The molecule has 7 N–H and O–H groups in total. The quantitative estimate of drug-likeness (QED) is 0.0491. The van der Waals surface area contributed by atoms with Gasteiger partial charge in [0.15, 0.2) is 17.1 Å². The van der Waals surface area contributed by atoms with Crippen LogP contribution in [0.25, 0.3) is 11.3 Å². The minimum absolute atomic E-state index is 0.0355. The largest absolute Gasteiger partial charge is 0.480 e. The smallest absolute Gasteiger partial charge is 0.411 e. The molecule has 2 amide bonds. The van der Waals surface area contributed by atoms with Crippen LogP contribution in [0.3, 0.4) is 0 Å². The number of hydrogen-bond donors (Lipinski definition) is 6. The molecular weight excluding hydrogens is 1110 g/mol. The predicted molar refractivity (Wildman–Crippen MR) is 334 cm³/mol. The van der Waals surface area contributed by atoms with Crippen molar-refractivity contribution in [1.82, 2.24) is 49.0 Å². The van der Waals surface area contributed by atoms with E-state index >= 15 is 0 Å². The minimum atomic E-state index is -0.953. The van der Waals surface area contributed by atoms with Crippen molar-refractivity contribution >= 4 is 64.7 Å². The highest BCUT2D eigenvalue weighted by atomic mass is 16.6. The summed E-state index contributed by atoms with van der Waals surface area (Å²) >= 11 is 0. The van der Waals surface area contributed by atoms with Gasteiger partial charge in [-0.3, -0.25) is 14.6 Å². The number of anilines is 5. The lowest BCUT2D eigenvalue weighted by molar-refractivity contribution is -0.144. The number of amides is 2. The molecule has 8 heterocycles. The molecule has 2 unspecified atom stereocenters. The molecule has 10 rings (SSSR count). The molecule has 472 valence electrons. The van der Waals surface area contributed by atoms with Crippen LogP contribution < -0.4 is 27.0 Å². The number of hydrogen-bond acceptors (Lipinski definition) is 19. The molecule has 0 aliphatic carbocycles. The Morgan fingerprint density at radius 2 is 1.08 bits per heavy atom. The van der Waals surface area contributed by atoms with Crippen molar-refractivity contribution in [2.24, 2.45) is 0 Å². The van der Waals surface area contributed by atoms with E-state index in [4.69, 9.17) is 44.7 Å². The number of likely N-dealkylation sites (tertiary alicyclic amines) is 2. The first-order valence-electron chi connectivity index (χ1n) is 30.8. The molecule has 4 aromatic heterocycles. The van der Waals surface area contributed by atoms with Crippen LogP contribution >= 0.6 is 0 Å². The Morgan fingerprint density at radius 1 is 0.621 bits per heavy atom. The molecule has 87 heavy (non-hydrogen) atoms. The molecule has 4 atom stereocenters. The number of aromatic nitrogens is 8. The number of ketones is 1. The molecule has 4 aliphatic heterocycles. The highest BCUT2D eigenvalue weighted by molar-refractivity contribution is 5.89. The van der Waals surface area contributed by atoms with E-state index in [2.05, 4.69) is 64.1 Å². The van der Waals surface area contributed by atoms with E-state index in [1.54, 1.807) is 34.7 Å². The molecule has 24 heteroatoms. The second kappa shape index (κ2) is 29.7. The van der Waals surface area contributed by atoms with Gasteiger partial charge in [0.2, 0.25) is 23.8 Å². The van der Waals surface area contributed by atoms with E-state index in [1.165, 1.54) is 4.90 Å². The molecule has 4 fully saturated rings. The molecule has 4 saturated heterocycles. The number of carboxylic acid groups (broad SMARTS) is 1. The summed E-state index contributed by atoms with van der Waals surface area (Å²) < 4.78 is 25.5. The molecule has 24 nitrogen and oxygen atoms in total. The maximum absolute atomic E-state index is 13.4. The Hall–Kier alpha value is -7.86. The number of nitrogen functional groups attached to an aromatic ring is 1. The van der Waals surface area contributed by atoms with Gasteiger partial charge in [-0.05, 0) is 146 Å². The molecule has 0 radical (unpaired) electrons. The van der Waals surface area contributed by atoms with E-state index in [0.717, 1.165) is 109 Å². The normalized spacial score (nSPS) is 19.1. The monoisotopic (exact) mass is 1200 g/mol. The van der Waals surface area contributed by atoms with Gasteiger partial charge in [0.05, 0.1) is 43.7 Å². The maximum Gasteiger partial charge on any atom is 0.411 e. The number of nitrogens with one attached hydrogen (secondary N) is 4. The lowest BCUT2D eigenvalue weighted by Crippen LogP contribution is -2.50. The average Bonchev–Trinajstić information content (AvgIpc) is 2.03. The number of aliphatic carboxylic acids is 1. The van der Waals surface area contributed by atoms with Crippen LogP contribution in [0.1, 0.15) is 173 Å². The van der Waals surface area contributed by atoms with Gasteiger partial charge in [0.1, 0.15) is 17.2 Å². The van der Waals surface area contributed by atoms with E-state index in [0.29, 0.717) is 81.9 Å². The van der Waals surface area contributed by atoms with Gasteiger partial charge < -0.3 is 51.1 Å². The summed E-state index contributed by atoms with van der Waals surface area (Å²) in [6.45, 7) is 24.4. The first kappa shape index (κ1) is 65.1. The highest BCUT2D eigenvalue weighted by Crippen LogP contribution is 2.28. The van der Waals surface area contributed by atoms with Crippen LogP contribution in [0.5, 0.6) is 0 Å². The van der Waals surface area contributed by atoms with Crippen LogP contribution in [0, 0.1) is 0 Å². The summed E-state index contributed by atoms with van der Waals surface area (Å²) in [6.07, 6.45) is 11.8. The molecule has 6 aromatic rings. The number of carbonyl (C=O) groups is 4. The Kier molecular flexibility index (Phi) is 22.2. The van der Waals surface area contributed by atoms with Crippen LogP contribution in [0.4, 0.5) is 39.1 Å². The number of rotatable bonds is 16. The predicted octanol–water partition coefficient (Wildman–Crippen LogP) is 10.2. The summed E-state index contributed by atoms with van der Waals surface area (Å²) in [5, 5.41) is 31.8. The summed E-state index contributed by atoms with van der Waals surface area (Å²) in [5.41, 5.74) is 12.2. The van der Waals surface area contributed by atoms with Crippen molar-refractivity contribution in [2.75, 3.05) is 66.5 Å². The minimum Gasteiger partial charge on any atom is -0.480 e. The van der Waals surface area contributed by atoms with Crippen molar-refractivity contribution < 1.29 is 43.2 Å². The highest BCUT2D eigenvalue weighted by Gasteiger charge is 2.36. The van der Waals surface area contributed by atoms with Gasteiger partial charge in [0, 0.05) is 62.6 Å². The fourth-order valence-corrected chi connectivity index (χ4v) is 10.8. The van der Waals surface area contributed by atoms with E-state index in [-0.39, 0.29) is 30.2 Å². The topological polar surface area (TPSA) is 292 Å². The first-order chi connectivity index (χ1) is 41.5. The van der Waals surface area contributed by atoms with Gasteiger partial charge in [0.25, 0.3) is 0 Å². The van der Waals surface area contributed by atoms with Crippen LogP contribution in [-0.2, 0) is 48.0 Å². The van der Waals surface area contributed by atoms with Gasteiger partial charge in [-0.15, -0.1) is 0 Å². The standard InChI is InChI=1S/C32H45N7O4.C20H27N7O.C11H19NO4/c1-21(2)25-19-34-39-28(25)36-29(35-24-12-9-15-42-20-24)37-30(39)33-18-23-11-8-10-22(16-23)17-27(40)26-13-6-7-14-38(26)31(41)43-32(3,4)5;1-13(2)17-11-23-27-18(17)25-19(24-16-7-4-8-28-12-16)26-20(27)22-10-14-5-3-6-15(21)9-14;1-11(2,3)16-10(15)12-7-5-4-6-8(12)9(13)14/h8,10-11,16,19,21,24,26H,6-7,9,12-15,17-18,20H2,1-5H3,(H2,33,35,36,37);3,5-6,9,11,13,16H,4,7-8,10,12,21H2,1-2H3,(H2,22,24,25,26);8H,4-7H2,1-3H3,(H,13,14)/t24-,26?;16-;/m00./s1. The Morgan fingerprint density at radius 3 is 1.53 bits per heavy atom. The molecule has 2 aromatic carbocycles. The second-order valence-electron chi connectivity index (χ2n) is 25.5. The Labute approximate surface area is 510 Å². The van der Waals surface area contributed by atoms with Crippen molar-refractivity contribution in [1.29, 1.82) is 0 Å². The summed E-state index contributed by atoms with van der Waals surface area (Å²) in [7, 11) is 0. The van der Waals surface area contributed by atoms with Crippen LogP contribution in [0.2, 0.25) is 0 Å². The van der Waals surface area contributed by atoms with Crippen molar-refractivity contribution in [2.45, 2.75) is 200 Å². The van der Waals surface area contributed by atoms with Gasteiger partial charge in [-0.1, -0.05) is 64.1 Å². The number of piperidine rings is 2. The molecule has 0 bridgehead atoms. The van der Waals surface area contributed by atoms with E-state index in [9.17, 15) is 19.2 Å². The third-order valence-corrected chi connectivity index (χ3v) is 15.2. The second-order valence-corrected chi connectivity index (χ2v) is 25.5. The van der Waals surface area contributed by atoms with Gasteiger partial charge >= 0.3 is 18.2 Å². The summed E-state index contributed by atoms with van der Waals surface area (Å²) in [5.74, 6) is 2.05. The van der Waals surface area contributed by atoms with E-state index < -0.39 is 41.4 Å². The van der Waals surface area contributed by atoms with Crippen molar-refractivity contribution in [3.63, 3.8) is 0 Å². The fraction of sp³-hybridized carbons (Fsp3) is 0.587. The molecular formula is C63H91N15O9.